The van der Waals surface area contributed by atoms with Crippen LogP contribution in [0, 0.1) is 6.92 Å². The molecule has 2 saturated heterocycles. The zero-order valence-electron chi connectivity index (χ0n) is 11.7. The fourth-order valence-corrected chi connectivity index (χ4v) is 2.67. The fraction of sp³-hybridized carbons (Fsp3) is 0.769. The minimum Gasteiger partial charge on any atom is -0.378 e. The number of morpholine rings is 1. The standard InChI is InChI=1S/C13H20N4O3/c1-9-14-13(16-15-9)11-8-17(4-6-20-11)12(18)7-10-3-2-5-19-10/h10-11H,2-8H2,1H3,(H,14,15,16)/t10-,11-/m0/s1. The van der Waals surface area contributed by atoms with Gasteiger partial charge in [-0.05, 0) is 19.8 Å². The van der Waals surface area contributed by atoms with Crippen LogP contribution < -0.4 is 0 Å². The molecule has 1 N–H and O–H groups in total. The Morgan fingerprint density at radius 2 is 2.35 bits per heavy atom. The van der Waals surface area contributed by atoms with Crippen LogP contribution in [0.2, 0.25) is 0 Å². The number of aryl methyl sites for hydroxylation is 1. The molecule has 0 unspecified atom stereocenters. The molecule has 7 nitrogen and oxygen atoms in total. The second-order valence-corrected chi connectivity index (χ2v) is 5.32. The lowest BCUT2D eigenvalue weighted by molar-refractivity contribution is -0.141. The highest BCUT2D eigenvalue weighted by atomic mass is 16.5. The molecule has 3 rings (SSSR count). The molecule has 2 fully saturated rings. The quantitative estimate of drug-likeness (QED) is 0.876. The summed E-state index contributed by atoms with van der Waals surface area (Å²) in [5.41, 5.74) is 0. The molecule has 0 aromatic carbocycles. The van der Waals surface area contributed by atoms with Crippen molar-refractivity contribution in [2.45, 2.75) is 38.4 Å². The number of ether oxygens (including phenoxy) is 2. The number of carbonyl (C=O) groups excluding carboxylic acids is 1. The van der Waals surface area contributed by atoms with Gasteiger partial charge < -0.3 is 14.4 Å². The van der Waals surface area contributed by atoms with Gasteiger partial charge in [-0.25, -0.2) is 4.98 Å². The van der Waals surface area contributed by atoms with E-state index < -0.39 is 0 Å². The van der Waals surface area contributed by atoms with E-state index in [4.69, 9.17) is 9.47 Å². The number of carbonyl (C=O) groups is 1. The van der Waals surface area contributed by atoms with Gasteiger partial charge in [-0.1, -0.05) is 0 Å². The zero-order valence-corrected chi connectivity index (χ0v) is 11.7. The summed E-state index contributed by atoms with van der Waals surface area (Å²) in [6.07, 6.45) is 2.37. The van der Waals surface area contributed by atoms with Gasteiger partial charge in [-0.3, -0.25) is 9.89 Å². The summed E-state index contributed by atoms with van der Waals surface area (Å²) in [5, 5.41) is 6.92. The number of nitrogens with zero attached hydrogens (tertiary/aromatic N) is 3. The van der Waals surface area contributed by atoms with Gasteiger partial charge in [-0.2, -0.15) is 5.10 Å². The number of H-pyrrole nitrogens is 1. The van der Waals surface area contributed by atoms with Gasteiger partial charge >= 0.3 is 0 Å². The van der Waals surface area contributed by atoms with Gasteiger partial charge in [0.25, 0.3) is 0 Å². The highest BCUT2D eigenvalue weighted by molar-refractivity contribution is 5.76. The normalized spacial score (nSPS) is 26.9. The molecule has 2 aliphatic rings. The van der Waals surface area contributed by atoms with Gasteiger partial charge in [0, 0.05) is 13.2 Å². The van der Waals surface area contributed by atoms with Crippen molar-refractivity contribution in [3.63, 3.8) is 0 Å². The predicted octanol–water partition coefficient (Wildman–Crippen LogP) is 0.582. The van der Waals surface area contributed by atoms with Crippen molar-refractivity contribution >= 4 is 5.91 Å². The maximum atomic E-state index is 12.3. The van der Waals surface area contributed by atoms with E-state index >= 15 is 0 Å². The summed E-state index contributed by atoms with van der Waals surface area (Å²) in [4.78, 5) is 18.4. The zero-order chi connectivity index (χ0) is 13.9. The van der Waals surface area contributed by atoms with Crippen molar-refractivity contribution in [3.05, 3.63) is 11.6 Å². The van der Waals surface area contributed by atoms with Crippen LogP contribution in [-0.2, 0) is 14.3 Å². The molecule has 0 spiro atoms. The Hall–Kier alpha value is -1.47. The minimum absolute atomic E-state index is 0.0922. The Bertz CT molecular complexity index is 470. The Morgan fingerprint density at radius 1 is 1.45 bits per heavy atom. The van der Waals surface area contributed by atoms with E-state index in [9.17, 15) is 4.79 Å². The number of amides is 1. The maximum Gasteiger partial charge on any atom is 0.225 e. The lowest BCUT2D eigenvalue weighted by Crippen LogP contribution is -2.43. The van der Waals surface area contributed by atoms with E-state index in [1.54, 1.807) is 0 Å². The molecular formula is C13H20N4O3. The van der Waals surface area contributed by atoms with Crippen LogP contribution in [0.1, 0.15) is 37.0 Å². The molecule has 1 aromatic heterocycles. The van der Waals surface area contributed by atoms with Crippen LogP contribution in [0.4, 0.5) is 0 Å². The minimum atomic E-state index is -0.234. The molecule has 7 heteroatoms. The lowest BCUT2D eigenvalue weighted by Gasteiger charge is -2.32. The van der Waals surface area contributed by atoms with Crippen molar-refractivity contribution in [3.8, 4) is 0 Å². The third-order valence-electron chi connectivity index (χ3n) is 3.75. The summed E-state index contributed by atoms with van der Waals surface area (Å²) in [6, 6.07) is 0. The molecule has 0 saturated carbocycles. The van der Waals surface area contributed by atoms with Crippen LogP contribution in [0.15, 0.2) is 0 Å². The Morgan fingerprint density at radius 3 is 3.05 bits per heavy atom. The number of hydrogen-bond donors (Lipinski definition) is 1. The second-order valence-electron chi connectivity index (χ2n) is 5.32. The van der Waals surface area contributed by atoms with E-state index in [0.29, 0.717) is 31.9 Å². The topological polar surface area (TPSA) is 80.3 Å². The van der Waals surface area contributed by atoms with Gasteiger partial charge in [0.15, 0.2) is 5.82 Å². The third kappa shape index (κ3) is 2.99. The van der Waals surface area contributed by atoms with Crippen molar-refractivity contribution in [2.75, 3.05) is 26.3 Å². The molecule has 0 radical (unpaired) electrons. The van der Waals surface area contributed by atoms with E-state index in [1.807, 2.05) is 11.8 Å². The van der Waals surface area contributed by atoms with Gasteiger partial charge in [-0.15, -0.1) is 0 Å². The Balaban J connectivity index is 1.58. The van der Waals surface area contributed by atoms with Gasteiger partial charge in [0.1, 0.15) is 11.9 Å². The summed E-state index contributed by atoms with van der Waals surface area (Å²) < 4.78 is 11.2. The van der Waals surface area contributed by atoms with Crippen LogP contribution in [0.3, 0.4) is 0 Å². The van der Waals surface area contributed by atoms with E-state index in [2.05, 4.69) is 15.2 Å². The Kier molecular flexibility index (Phi) is 3.98. The smallest absolute Gasteiger partial charge is 0.225 e. The highest BCUT2D eigenvalue weighted by Gasteiger charge is 2.29. The van der Waals surface area contributed by atoms with Gasteiger partial charge in [0.05, 0.1) is 25.7 Å². The highest BCUT2D eigenvalue weighted by Crippen LogP contribution is 2.21. The van der Waals surface area contributed by atoms with Crippen LogP contribution in [0.25, 0.3) is 0 Å². The second kappa shape index (κ2) is 5.88. The molecule has 0 bridgehead atoms. The first-order valence-electron chi connectivity index (χ1n) is 7.12. The Labute approximate surface area is 117 Å². The number of aromatic nitrogens is 3. The average Bonchev–Trinajstić information content (AvgIpc) is 3.10. The number of nitrogens with one attached hydrogen (secondary N) is 1. The molecule has 3 heterocycles. The van der Waals surface area contributed by atoms with Crippen LogP contribution in [0.5, 0.6) is 0 Å². The molecular weight excluding hydrogens is 260 g/mol. The number of rotatable bonds is 3. The van der Waals surface area contributed by atoms with Crippen molar-refractivity contribution in [1.29, 1.82) is 0 Å². The predicted molar refractivity (Wildman–Crippen MR) is 70.0 cm³/mol. The summed E-state index contributed by atoms with van der Waals surface area (Å²) in [7, 11) is 0. The average molecular weight is 280 g/mol. The van der Waals surface area contributed by atoms with Crippen molar-refractivity contribution < 1.29 is 14.3 Å². The van der Waals surface area contributed by atoms with Crippen LogP contribution in [-0.4, -0.2) is 58.4 Å². The number of hydrogen-bond acceptors (Lipinski definition) is 5. The van der Waals surface area contributed by atoms with Crippen molar-refractivity contribution in [2.24, 2.45) is 0 Å². The summed E-state index contributed by atoms with van der Waals surface area (Å²) in [6.45, 7) is 4.30. The first kappa shape index (κ1) is 13.5. The van der Waals surface area contributed by atoms with Crippen molar-refractivity contribution in [1.82, 2.24) is 20.1 Å². The van der Waals surface area contributed by atoms with Crippen LogP contribution >= 0.6 is 0 Å². The monoisotopic (exact) mass is 280 g/mol. The SMILES string of the molecule is Cc1nc([C@@H]2CN(C(=O)C[C@@H]3CCCO3)CCO2)n[nH]1. The summed E-state index contributed by atoms with van der Waals surface area (Å²) >= 11 is 0. The lowest BCUT2D eigenvalue weighted by atomic mass is 10.1. The molecule has 1 aromatic rings. The van der Waals surface area contributed by atoms with E-state index in [-0.39, 0.29) is 18.1 Å². The van der Waals surface area contributed by atoms with E-state index in [1.165, 1.54) is 0 Å². The molecule has 1 amide bonds. The first-order chi connectivity index (χ1) is 9.72. The van der Waals surface area contributed by atoms with E-state index in [0.717, 1.165) is 25.3 Å². The molecule has 2 atom stereocenters. The first-order valence-corrected chi connectivity index (χ1v) is 7.12. The molecule has 2 aliphatic heterocycles. The summed E-state index contributed by atoms with van der Waals surface area (Å²) in [5.74, 6) is 1.51. The number of aromatic amines is 1. The fourth-order valence-electron chi connectivity index (χ4n) is 2.67. The molecule has 110 valence electrons. The molecule has 0 aliphatic carbocycles. The van der Waals surface area contributed by atoms with Gasteiger partial charge in [0.2, 0.25) is 5.91 Å². The maximum absolute atomic E-state index is 12.3. The largest absolute Gasteiger partial charge is 0.378 e. The third-order valence-corrected chi connectivity index (χ3v) is 3.75. The molecule has 20 heavy (non-hydrogen) atoms.